The van der Waals surface area contributed by atoms with E-state index >= 15 is 0 Å². The Morgan fingerprint density at radius 1 is 1.70 bits per heavy atom. The summed E-state index contributed by atoms with van der Waals surface area (Å²) in [5.74, 6) is 0. The van der Waals surface area contributed by atoms with Gasteiger partial charge in [0.2, 0.25) is 0 Å². The van der Waals surface area contributed by atoms with Gasteiger partial charge in [0.15, 0.2) is 5.17 Å². The van der Waals surface area contributed by atoms with E-state index in [4.69, 9.17) is 0 Å². The van der Waals surface area contributed by atoms with Crippen LogP contribution in [0.5, 0.6) is 0 Å². The maximum atomic E-state index is 4.21. The van der Waals surface area contributed by atoms with Crippen LogP contribution >= 0.6 is 11.8 Å². The first-order valence-electron chi connectivity index (χ1n) is 3.22. The Kier molecular flexibility index (Phi) is 1.31. The molecule has 0 bridgehead atoms. The molecule has 2 nitrogen and oxygen atoms in total. The Morgan fingerprint density at radius 3 is 3.40 bits per heavy atom. The molecule has 0 aromatic rings. The van der Waals surface area contributed by atoms with Crippen molar-refractivity contribution in [2.45, 2.75) is 6.92 Å². The number of rotatable bonds is 0. The van der Waals surface area contributed by atoms with Gasteiger partial charge >= 0.3 is 0 Å². The minimum Gasteiger partial charge on any atom is -0.323 e. The predicted molar refractivity (Wildman–Crippen MR) is 44.6 cm³/mol. The molecule has 0 aliphatic carbocycles. The highest BCUT2D eigenvalue weighted by molar-refractivity contribution is 8.17. The van der Waals surface area contributed by atoms with Gasteiger partial charge in [-0.25, -0.2) is 4.99 Å². The maximum Gasteiger partial charge on any atom is 0.172 e. The van der Waals surface area contributed by atoms with Crippen molar-refractivity contribution < 1.29 is 0 Å². The Hall–Kier alpha value is -0.700. The molecule has 0 saturated carbocycles. The first kappa shape index (κ1) is 6.04. The van der Waals surface area contributed by atoms with E-state index in [1.165, 1.54) is 4.91 Å². The van der Waals surface area contributed by atoms with Gasteiger partial charge in [-0.1, -0.05) is 11.8 Å². The van der Waals surface area contributed by atoms with Crippen LogP contribution in [0.2, 0.25) is 0 Å². The van der Waals surface area contributed by atoms with Crippen LogP contribution in [-0.2, 0) is 0 Å². The highest BCUT2D eigenvalue weighted by Crippen LogP contribution is 2.28. The minimum absolute atomic E-state index is 0.975. The molecule has 0 radical (unpaired) electrons. The van der Waals surface area contributed by atoms with Crippen molar-refractivity contribution in [2.75, 3.05) is 6.54 Å². The second-order valence-electron chi connectivity index (χ2n) is 2.29. The summed E-state index contributed by atoms with van der Waals surface area (Å²) < 4.78 is 0. The predicted octanol–water partition coefficient (Wildman–Crippen LogP) is 1.78. The fraction of sp³-hybridized carbons (Fsp3) is 0.286. The van der Waals surface area contributed by atoms with E-state index in [-0.39, 0.29) is 0 Å². The molecule has 2 aliphatic rings. The summed E-state index contributed by atoms with van der Waals surface area (Å²) in [5.41, 5.74) is 0. The van der Waals surface area contributed by atoms with Crippen LogP contribution < -0.4 is 0 Å². The van der Waals surface area contributed by atoms with Crippen LogP contribution in [-0.4, -0.2) is 16.6 Å². The molecule has 0 spiro atoms. The van der Waals surface area contributed by atoms with E-state index in [9.17, 15) is 0 Å². The molecule has 0 amide bonds. The average molecular weight is 152 g/mol. The van der Waals surface area contributed by atoms with Gasteiger partial charge in [0.25, 0.3) is 0 Å². The van der Waals surface area contributed by atoms with Gasteiger partial charge in [0.05, 0.1) is 0 Å². The van der Waals surface area contributed by atoms with Crippen molar-refractivity contribution in [3.63, 3.8) is 0 Å². The molecule has 2 rings (SSSR count). The Bertz CT molecular complexity index is 240. The van der Waals surface area contributed by atoms with Gasteiger partial charge in [-0.05, 0) is 13.0 Å². The lowest BCUT2D eigenvalue weighted by molar-refractivity contribution is 0.630. The molecular weight excluding hydrogens is 144 g/mol. The topological polar surface area (TPSA) is 15.6 Å². The van der Waals surface area contributed by atoms with Crippen molar-refractivity contribution in [2.24, 2.45) is 4.99 Å². The van der Waals surface area contributed by atoms with E-state index in [0.717, 1.165) is 11.7 Å². The molecule has 10 heavy (non-hydrogen) atoms. The molecular formula is C7H8N2S. The third-order valence-corrected chi connectivity index (χ3v) is 2.38. The van der Waals surface area contributed by atoms with Gasteiger partial charge in [-0.3, -0.25) is 0 Å². The van der Waals surface area contributed by atoms with Gasteiger partial charge in [0.1, 0.15) is 0 Å². The molecule has 0 unspecified atom stereocenters. The van der Waals surface area contributed by atoms with E-state index in [2.05, 4.69) is 29.1 Å². The fourth-order valence-electron chi connectivity index (χ4n) is 1.01. The molecule has 0 fully saturated rings. The summed E-state index contributed by atoms with van der Waals surface area (Å²) in [6.07, 6.45) is 6.05. The largest absolute Gasteiger partial charge is 0.323 e. The second-order valence-corrected chi connectivity index (χ2v) is 3.50. The number of nitrogens with zero attached hydrogens (tertiary/aromatic N) is 2. The summed E-state index contributed by atoms with van der Waals surface area (Å²) in [4.78, 5) is 7.69. The van der Waals surface area contributed by atoms with Crippen LogP contribution in [0.4, 0.5) is 0 Å². The smallest absolute Gasteiger partial charge is 0.172 e. The van der Waals surface area contributed by atoms with Crippen molar-refractivity contribution in [3.8, 4) is 0 Å². The number of hydrogen-bond acceptors (Lipinski definition) is 3. The lowest BCUT2D eigenvalue weighted by atomic mass is 10.5. The Labute approximate surface area is 64.3 Å². The summed E-state index contributed by atoms with van der Waals surface area (Å²) in [6, 6.07) is 0. The molecule has 0 aromatic carbocycles. The zero-order chi connectivity index (χ0) is 6.97. The van der Waals surface area contributed by atoms with Crippen LogP contribution in [0.1, 0.15) is 6.92 Å². The number of hydrogen-bond donors (Lipinski definition) is 0. The third kappa shape index (κ3) is 0.865. The molecule has 3 heteroatoms. The summed E-state index contributed by atoms with van der Waals surface area (Å²) >= 11 is 1.74. The number of aliphatic imine (C=N–C) groups is 1. The van der Waals surface area contributed by atoms with Crippen molar-refractivity contribution in [3.05, 3.63) is 23.4 Å². The van der Waals surface area contributed by atoms with Crippen molar-refractivity contribution in [1.29, 1.82) is 0 Å². The number of allylic oxidation sites excluding steroid dienone is 1. The second kappa shape index (κ2) is 2.16. The van der Waals surface area contributed by atoms with E-state index in [1.807, 2.05) is 6.20 Å². The lowest BCUT2D eigenvalue weighted by Crippen LogP contribution is -2.21. The number of fused-ring (bicyclic) bond motifs is 1. The SMILES string of the molecule is CC1=CN2CC=CN=C2S1. The van der Waals surface area contributed by atoms with Crippen LogP contribution in [0.25, 0.3) is 0 Å². The highest BCUT2D eigenvalue weighted by atomic mass is 32.2. The van der Waals surface area contributed by atoms with Gasteiger partial charge in [-0.2, -0.15) is 0 Å². The van der Waals surface area contributed by atoms with E-state index < -0.39 is 0 Å². The van der Waals surface area contributed by atoms with Gasteiger partial charge in [0, 0.05) is 23.8 Å². The highest BCUT2D eigenvalue weighted by Gasteiger charge is 2.17. The molecule has 0 atom stereocenters. The third-order valence-electron chi connectivity index (χ3n) is 1.43. The summed E-state index contributed by atoms with van der Waals surface area (Å²) in [7, 11) is 0. The number of thioether (sulfide) groups is 1. The van der Waals surface area contributed by atoms with Gasteiger partial charge < -0.3 is 4.90 Å². The fourth-order valence-corrected chi connectivity index (χ4v) is 1.84. The molecule has 0 N–H and O–H groups in total. The molecule has 0 aromatic heterocycles. The average Bonchev–Trinajstić information content (AvgIpc) is 2.27. The van der Waals surface area contributed by atoms with E-state index in [0.29, 0.717) is 0 Å². The first-order chi connectivity index (χ1) is 4.86. The monoisotopic (exact) mass is 152 g/mol. The zero-order valence-electron chi connectivity index (χ0n) is 5.74. The van der Waals surface area contributed by atoms with Crippen LogP contribution in [0.15, 0.2) is 28.4 Å². The zero-order valence-corrected chi connectivity index (χ0v) is 6.56. The normalized spacial score (nSPS) is 22.3. The van der Waals surface area contributed by atoms with Crippen molar-refractivity contribution in [1.82, 2.24) is 4.90 Å². The number of amidine groups is 1. The first-order valence-corrected chi connectivity index (χ1v) is 4.03. The Balaban J connectivity index is 2.28. The molecule has 2 heterocycles. The van der Waals surface area contributed by atoms with Crippen LogP contribution in [0, 0.1) is 0 Å². The lowest BCUT2D eigenvalue weighted by Gasteiger charge is -2.15. The molecule has 52 valence electrons. The van der Waals surface area contributed by atoms with Gasteiger partial charge in [-0.15, -0.1) is 0 Å². The standard InChI is InChI=1S/C7H8N2S/c1-6-5-9-4-2-3-8-7(9)10-6/h2-3,5H,4H2,1H3. The minimum atomic E-state index is 0.975. The summed E-state index contributed by atoms with van der Waals surface area (Å²) in [6.45, 7) is 3.08. The Morgan fingerprint density at radius 2 is 2.60 bits per heavy atom. The quantitative estimate of drug-likeness (QED) is 0.526. The van der Waals surface area contributed by atoms with Crippen LogP contribution in [0.3, 0.4) is 0 Å². The molecule has 0 saturated heterocycles. The summed E-state index contributed by atoms with van der Waals surface area (Å²) in [5, 5.41) is 1.11. The maximum absolute atomic E-state index is 4.21. The van der Waals surface area contributed by atoms with Crippen molar-refractivity contribution >= 4 is 16.9 Å². The van der Waals surface area contributed by atoms with E-state index in [1.54, 1.807) is 11.8 Å². The molecule has 2 aliphatic heterocycles.